The monoisotopic (exact) mass is 264 g/mol. The SMILES string of the molecule is Cn1cc(-c2cccc(N)c2C#N)c2cc[nH]c(=O)c21. The average molecular weight is 264 g/mol. The summed E-state index contributed by atoms with van der Waals surface area (Å²) in [7, 11) is 1.80. The van der Waals surface area contributed by atoms with Crippen molar-refractivity contribution in [2.75, 3.05) is 5.73 Å². The van der Waals surface area contributed by atoms with Crippen molar-refractivity contribution in [3.8, 4) is 17.2 Å². The summed E-state index contributed by atoms with van der Waals surface area (Å²) in [6, 6.07) is 9.30. The minimum absolute atomic E-state index is 0.154. The molecule has 0 spiro atoms. The predicted molar refractivity (Wildman–Crippen MR) is 78.1 cm³/mol. The molecular formula is C15H12N4O. The second-order valence-corrected chi connectivity index (χ2v) is 4.60. The van der Waals surface area contributed by atoms with Gasteiger partial charge in [0.25, 0.3) is 5.56 Å². The maximum absolute atomic E-state index is 11.9. The molecule has 0 radical (unpaired) electrons. The van der Waals surface area contributed by atoms with Gasteiger partial charge in [-0.3, -0.25) is 4.79 Å². The molecular weight excluding hydrogens is 252 g/mol. The van der Waals surface area contributed by atoms with Gasteiger partial charge in [-0.05, 0) is 12.1 Å². The molecule has 0 bridgehead atoms. The maximum atomic E-state index is 11.9. The van der Waals surface area contributed by atoms with Crippen LogP contribution in [-0.4, -0.2) is 9.55 Å². The first-order valence-electron chi connectivity index (χ1n) is 6.09. The number of aryl methyl sites for hydroxylation is 1. The van der Waals surface area contributed by atoms with Gasteiger partial charge < -0.3 is 15.3 Å². The summed E-state index contributed by atoms with van der Waals surface area (Å²) in [4.78, 5) is 14.6. The Balaban J connectivity index is 2.44. The summed E-state index contributed by atoms with van der Waals surface area (Å²) in [6.07, 6.45) is 3.45. The van der Waals surface area contributed by atoms with Crippen molar-refractivity contribution in [3.63, 3.8) is 0 Å². The van der Waals surface area contributed by atoms with E-state index in [1.54, 1.807) is 29.9 Å². The van der Waals surface area contributed by atoms with Crippen molar-refractivity contribution in [2.45, 2.75) is 0 Å². The Morgan fingerprint density at radius 2 is 2.10 bits per heavy atom. The first-order valence-corrected chi connectivity index (χ1v) is 6.09. The number of nitrogen functional groups attached to an aromatic ring is 1. The second-order valence-electron chi connectivity index (χ2n) is 4.60. The molecule has 20 heavy (non-hydrogen) atoms. The van der Waals surface area contributed by atoms with E-state index < -0.39 is 0 Å². The number of nitrogens with two attached hydrogens (primary N) is 1. The zero-order valence-electron chi connectivity index (χ0n) is 10.8. The molecule has 2 heterocycles. The topological polar surface area (TPSA) is 87.6 Å². The number of pyridine rings is 1. The fourth-order valence-corrected chi connectivity index (χ4v) is 2.50. The number of nitrogens with one attached hydrogen (secondary N) is 1. The fourth-order valence-electron chi connectivity index (χ4n) is 2.50. The minimum atomic E-state index is -0.154. The molecule has 2 aromatic heterocycles. The third-order valence-corrected chi connectivity index (χ3v) is 3.40. The van der Waals surface area contributed by atoms with Gasteiger partial charge in [0.05, 0.1) is 11.3 Å². The van der Waals surface area contributed by atoms with Gasteiger partial charge in [0.2, 0.25) is 0 Å². The summed E-state index contributed by atoms with van der Waals surface area (Å²) in [5.74, 6) is 0. The quantitative estimate of drug-likeness (QED) is 0.659. The number of anilines is 1. The molecule has 0 aliphatic heterocycles. The summed E-state index contributed by atoms with van der Waals surface area (Å²) in [5.41, 5.74) is 8.71. The van der Waals surface area contributed by atoms with E-state index in [-0.39, 0.29) is 5.56 Å². The van der Waals surface area contributed by atoms with Crippen LogP contribution in [0.1, 0.15) is 5.56 Å². The first-order chi connectivity index (χ1) is 9.63. The number of fused-ring (bicyclic) bond motifs is 1. The first kappa shape index (κ1) is 12.1. The molecule has 98 valence electrons. The Morgan fingerprint density at radius 3 is 2.85 bits per heavy atom. The molecule has 3 aromatic rings. The Bertz CT molecular complexity index is 912. The number of rotatable bonds is 1. The van der Waals surface area contributed by atoms with Crippen LogP contribution in [0.25, 0.3) is 22.0 Å². The Morgan fingerprint density at radius 1 is 1.30 bits per heavy atom. The van der Waals surface area contributed by atoms with E-state index >= 15 is 0 Å². The number of hydrogen-bond acceptors (Lipinski definition) is 3. The lowest BCUT2D eigenvalue weighted by atomic mass is 9.99. The highest BCUT2D eigenvalue weighted by molar-refractivity contribution is 5.97. The zero-order chi connectivity index (χ0) is 14.3. The highest BCUT2D eigenvalue weighted by Gasteiger charge is 2.15. The van der Waals surface area contributed by atoms with Gasteiger partial charge in [-0.15, -0.1) is 0 Å². The van der Waals surface area contributed by atoms with Crippen LogP contribution in [0.5, 0.6) is 0 Å². The number of benzene rings is 1. The van der Waals surface area contributed by atoms with Gasteiger partial charge in [0.1, 0.15) is 11.6 Å². The lowest BCUT2D eigenvalue weighted by Gasteiger charge is -2.05. The molecule has 0 aliphatic rings. The van der Waals surface area contributed by atoms with Gasteiger partial charge >= 0.3 is 0 Å². The predicted octanol–water partition coefficient (Wildman–Crippen LogP) is 1.99. The highest BCUT2D eigenvalue weighted by atomic mass is 16.1. The summed E-state index contributed by atoms with van der Waals surface area (Å²) in [6.45, 7) is 0. The van der Waals surface area contributed by atoms with Crippen molar-refractivity contribution in [3.05, 3.63) is 52.6 Å². The van der Waals surface area contributed by atoms with Crippen molar-refractivity contribution in [2.24, 2.45) is 7.05 Å². The largest absolute Gasteiger partial charge is 0.398 e. The standard InChI is InChI=1S/C15H12N4O/c1-19-8-12(10-5-6-18-15(20)14(10)19)9-3-2-4-13(17)11(9)7-16/h2-6,8H,17H2,1H3,(H,18,20). The van der Waals surface area contributed by atoms with Gasteiger partial charge in [-0.1, -0.05) is 12.1 Å². The van der Waals surface area contributed by atoms with E-state index in [1.165, 1.54) is 0 Å². The van der Waals surface area contributed by atoms with Crippen molar-refractivity contribution < 1.29 is 0 Å². The highest BCUT2D eigenvalue weighted by Crippen LogP contribution is 2.32. The third-order valence-electron chi connectivity index (χ3n) is 3.40. The number of H-pyrrole nitrogens is 1. The van der Waals surface area contributed by atoms with Crippen LogP contribution >= 0.6 is 0 Å². The summed E-state index contributed by atoms with van der Waals surface area (Å²) < 4.78 is 1.76. The molecule has 1 aromatic carbocycles. The van der Waals surface area contributed by atoms with Crippen LogP contribution < -0.4 is 11.3 Å². The van der Waals surface area contributed by atoms with Crippen molar-refractivity contribution >= 4 is 16.6 Å². The molecule has 0 saturated carbocycles. The molecule has 3 N–H and O–H groups in total. The van der Waals surface area contributed by atoms with E-state index in [0.29, 0.717) is 16.8 Å². The number of hydrogen-bond donors (Lipinski definition) is 2. The molecule has 3 rings (SSSR count). The Hall–Kier alpha value is -3.00. The minimum Gasteiger partial charge on any atom is -0.398 e. The van der Waals surface area contributed by atoms with Crippen LogP contribution in [0, 0.1) is 11.3 Å². The lowest BCUT2D eigenvalue weighted by Crippen LogP contribution is -2.07. The number of aromatic nitrogens is 2. The van der Waals surface area contributed by atoms with E-state index in [2.05, 4.69) is 11.1 Å². The molecule has 0 atom stereocenters. The third kappa shape index (κ3) is 1.59. The van der Waals surface area contributed by atoms with Gasteiger partial charge in [0.15, 0.2) is 0 Å². The fraction of sp³-hybridized carbons (Fsp3) is 0.0667. The molecule has 0 aliphatic carbocycles. The van der Waals surface area contributed by atoms with Crippen molar-refractivity contribution in [1.29, 1.82) is 5.26 Å². The normalized spacial score (nSPS) is 10.6. The van der Waals surface area contributed by atoms with Crippen LogP contribution in [0.15, 0.2) is 41.5 Å². The molecule has 0 fully saturated rings. The molecule has 5 heteroatoms. The van der Waals surface area contributed by atoms with E-state index in [9.17, 15) is 10.1 Å². The summed E-state index contributed by atoms with van der Waals surface area (Å²) in [5, 5.41) is 10.1. The molecule has 0 saturated heterocycles. The Labute approximate surface area is 114 Å². The lowest BCUT2D eigenvalue weighted by molar-refractivity contribution is 0.958. The maximum Gasteiger partial charge on any atom is 0.272 e. The molecule has 0 amide bonds. The number of aromatic amines is 1. The molecule has 5 nitrogen and oxygen atoms in total. The Kier molecular flexibility index (Phi) is 2.58. The zero-order valence-corrected chi connectivity index (χ0v) is 10.8. The van der Waals surface area contributed by atoms with Gasteiger partial charge in [-0.25, -0.2) is 0 Å². The van der Waals surface area contributed by atoms with Crippen LogP contribution in [0.2, 0.25) is 0 Å². The van der Waals surface area contributed by atoms with E-state index in [4.69, 9.17) is 5.73 Å². The number of nitriles is 1. The summed E-state index contributed by atoms with van der Waals surface area (Å²) >= 11 is 0. The van der Waals surface area contributed by atoms with Gasteiger partial charge in [0, 0.05) is 36.0 Å². The number of nitrogens with zero attached hydrogens (tertiary/aromatic N) is 2. The van der Waals surface area contributed by atoms with E-state index in [0.717, 1.165) is 16.5 Å². The molecule has 0 unspecified atom stereocenters. The smallest absolute Gasteiger partial charge is 0.272 e. The van der Waals surface area contributed by atoms with Crippen molar-refractivity contribution in [1.82, 2.24) is 9.55 Å². The van der Waals surface area contributed by atoms with Crippen LogP contribution in [0.4, 0.5) is 5.69 Å². The van der Waals surface area contributed by atoms with Gasteiger partial charge in [-0.2, -0.15) is 5.26 Å². The van der Waals surface area contributed by atoms with E-state index in [1.807, 2.05) is 18.3 Å². The average Bonchev–Trinajstić information content (AvgIpc) is 2.77. The van der Waals surface area contributed by atoms with Crippen LogP contribution in [-0.2, 0) is 7.05 Å². The van der Waals surface area contributed by atoms with Crippen LogP contribution in [0.3, 0.4) is 0 Å². The second kappa shape index (κ2) is 4.28.